The summed E-state index contributed by atoms with van der Waals surface area (Å²) in [4.78, 5) is 41.6. The van der Waals surface area contributed by atoms with Gasteiger partial charge in [0.15, 0.2) is 0 Å². The number of amides is 2. The summed E-state index contributed by atoms with van der Waals surface area (Å²) in [6.07, 6.45) is 4.41. The number of rotatable bonds is 8. The monoisotopic (exact) mass is 451 g/mol. The van der Waals surface area contributed by atoms with Crippen molar-refractivity contribution in [1.29, 1.82) is 0 Å². The fourth-order valence-electron chi connectivity index (χ4n) is 4.29. The number of nitrogens with two attached hydrogens (primary N) is 1. The Morgan fingerprint density at radius 2 is 1.62 bits per heavy atom. The van der Waals surface area contributed by atoms with E-state index in [4.69, 9.17) is 5.73 Å². The number of carbonyl (C=O) groups excluding carboxylic acids is 3. The average molecular weight is 452 g/mol. The van der Waals surface area contributed by atoms with Gasteiger partial charge in [0.05, 0.1) is 5.69 Å². The Labute approximate surface area is 193 Å². The molecule has 0 saturated carbocycles. The molecule has 1 atom stereocenters. The third-order valence-corrected chi connectivity index (χ3v) is 7.47. The predicted molar refractivity (Wildman–Crippen MR) is 127 cm³/mol. The first-order chi connectivity index (χ1) is 15.5. The number of hydrogen-bond acceptors (Lipinski definition) is 5. The van der Waals surface area contributed by atoms with Crippen LogP contribution in [-0.4, -0.2) is 48.7 Å². The number of para-hydroxylation sites is 1. The van der Waals surface area contributed by atoms with Gasteiger partial charge in [-0.3, -0.25) is 14.4 Å². The molecule has 2 aromatic carbocycles. The molecular weight excluding hydrogens is 422 g/mol. The summed E-state index contributed by atoms with van der Waals surface area (Å²) in [5.41, 5.74) is 7.65. The van der Waals surface area contributed by atoms with Crippen LogP contribution >= 0.6 is 11.8 Å². The molecule has 1 saturated heterocycles. The Kier molecular flexibility index (Phi) is 7.27. The third-order valence-electron chi connectivity index (χ3n) is 6.16. The minimum absolute atomic E-state index is 0.0788. The lowest BCUT2D eigenvalue weighted by molar-refractivity contribution is -0.121. The summed E-state index contributed by atoms with van der Waals surface area (Å²) >= 11 is 1.56. The van der Waals surface area contributed by atoms with E-state index in [0.717, 1.165) is 55.0 Å². The van der Waals surface area contributed by atoms with E-state index in [0.29, 0.717) is 30.7 Å². The number of Topliss-reactive ketones (excluding diaryl/α,β-unsaturated/α-hetero) is 1. The van der Waals surface area contributed by atoms with Crippen molar-refractivity contribution in [2.24, 2.45) is 5.73 Å². The van der Waals surface area contributed by atoms with E-state index < -0.39 is 5.91 Å². The van der Waals surface area contributed by atoms with Crippen molar-refractivity contribution in [3.05, 3.63) is 59.7 Å². The minimum Gasteiger partial charge on any atom is -0.366 e. The zero-order valence-corrected chi connectivity index (χ0v) is 19.0. The van der Waals surface area contributed by atoms with Gasteiger partial charge in [-0.2, -0.15) is 0 Å². The lowest BCUT2D eigenvalue weighted by Crippen LogP contribution is -2.38. The molecule has 0 spiro atoms. The maximum Gasteiger partial charge on any atom is 0.248 e. The van der Waals surface area contributed by atoms with E-state index in [-0.39, 0.29) is 11.2 Å². The summed E-state index contributed by atoms with van der Waals surface area (Å²) in [6.45, 7) is 3.46. The average Bonchev–Trinajstić information content (AvgIpc) is 2.81. The SMILES string of the molecule is NC(=O)c1ccc(C2Sc3ccccc3N(CCCCCN3CCC(=O)CC3)C2=O)cc1. The highest BCUT2D eigenvalue weighted by Crippen LogP contribution is 2.46. The number of hydrogen-bond donors (Lipinski definition) is 1. The first-order valence-corrected chi connectivity index (χ1v) is 12.1. The molecule has 2 N–H and O–H groups in total. The molecule has 1 fully saturated rings. The molecule has 1 unspecified atom stereocenters. The number of unbranched alkanes of at least 4 members (excludes halogenated alkanes) is 2. The van der Waals surface area contributed by atoms with Crippen molar-refractivity contribution in [3.8, 4) is 0 Å². The van der Waals surface area contributed by atoms with Gasteiger partial charge in [0, 0.05) is 42.9 Å². The van der Waals surface area contributed by atoms with Gasteiger partial charge in [0.25, 0.3) is 0 Å². The molecule has 2 amide bonds. The summed E-state index contributed by atoms with van der Waals surface area (Å²) < 4.78 is 0. The lowest BCUT2D eigenvalue weighted by Gasteiger charge is -2.34. The minimum atomic E-state index is -0.470. The second-order valence-corrected chi connectivity index (χ2v) is 9.53. The molecule has 2 aliphatic heterocycles. The smallest absolute Gasteiger partial charge is 0.248 e. The molecule has 32 heavy (non-hydrogen) atoms. The summed E-state index contributed by atoms with van der Waals surface area (Å²) in [6, 6.07) is 15.1. The van der Waals surface area contributed by atoms with Gasteiger partial charge in [0.2, 0.25) is 11.8 Å². The lowest BCUT2D eigenvalue weighted by atomic mass is 10.1. The van der Waals surface area contributed by atoms with Gasteiger partial charge in [-0.25, -0.2) is 0 Å². The highest BCUT2D eigenvalue weighted by atomic mass is 32.2. The summed E-state index contributed by atoms with van der Waals surface area (Å²) in [5.74, 6) is -0.0161. The van der Waals surface area contributed by atoms with Crippen molar-refractivity contribution in [3.63, 3.8) is 0 Å². The van der Waals surface area contributed by atoms with Crippen LogP contribution in [0.3, 0.4) is 0 Å². The Morgan fingerprint density at radius 1 is 0.938 bits per heavy atom. The normalized spacial score (nSPS) is 19.1. The van der Waals surface area contributed by atoms with E-state index in [1.807, 2.05) is 35.2 Å². The fraction of sp³-hybridized carbons (Fsp3) is 0.400. The zero-order chi connectivity index (χ0) is 22.5. The zero-order valence-electron chi connectivity index (χ0n) is 18.2. The molecular formula is C25H29N3O3S. The molecule has 0 bridgehead atoms. The predicted octanol–water partition coefficient (Wildman–Crippen LogP) is 3.80. The van der Waals surface area contributed by atoms with Crippen LogP contribution in [0.1, 0.15) is 53.3 Å². The molecule has 0 aromatic heterocycles. The quantitative estimate of drug-likeness (QED) is 0.617. The van der Waals surface area contributed by atoms with Crippen LogP contribution in [0.2, 0.25) is 0 Å². The van der Waals surface area contributed by atoms with Crippen molar-refractivity contribution >= 4 is 35.0 Å². The van der Waals surface area contributed by atoms with Gasteiger partial charge in [-0.05, 0) is 49.2 Å². The highest BCUT2D eigenvalue weighted by molar-refractivity contribution is 8.00. The molecule has 2 aromatic rings. The van der Waals surface area contributed by atoms with Gasteiger partial charge < -0.3 is 15.5 Å². The first-order valence-electron chi connectivity index (χ1n) is 11.2. The van der Waals surface area contributed by atoms with Crippen molar-refractivity contribution < 1.29 is 14.4 Å². The number of primary amides is 1. The number of fused-ring (bicyclic) bond motifs is 1. The number of anilines is 1. The van der Waals surface area contributed by atoms with E-state index in [1.165, 1.54) is 0 Å². The third kappa shape index (κ3) is 5.22. The van der Waals surface area contributed by atoms with Crippen molar-refractivity contribution in [2.75, 3.05) is 31.1 Å². The van der Waals surface area contributed by atoms with Gasteiger partial charge in [0.1, 0.15) is 11.0 Å². The Morgan fingerprint density at radius 3 is 2.34 bits per heavy atom. The van der Waals surface area contributed by atoms with Crippen LogP contribution < -0.4 is 10.6 Å². The number of likely N-dealkylation sites (tertiary alicyclic amines) is 1. The van der Waals surface area contributed by atoms with Gasteiger partial charge in [-0.1, -0.05) is 30.7 Å². The van der Waals surface area contributed by atoms with Crippen LogP contribution in [0.5, 0.6) is 0 Å². The van der Waals surface area contributed by atoms with Crippen LogP contribution in [0.4, 0.5) is 5.69 Å². The second-order valence-electron chi connectivity index (χ2n) is 8.38. The maximum atomic E-state index is 13.4. The first kappa shape index (κ1) is 22.6. The Bertz CT molecular complexity index is 982. The molecule has 2 aliphatic rings. The number of benzene rings is 2. The van der Waals surface area contributed by atoms with Crippen LogP contribution in [0.25, 0.3) is 0 Å². The molecule has 6 nitrogen and oxygen atoms in total. The second kappa shape index (κ2) is 10.3. The number of thioether (sulfide) groups is 1. The molecule has 0 aliphatic carbocycles. The van der Waals surface area contributed by atoms with Gasteiger partial charge in [-0.15, -0.1) is 11.8 Å². The van der Waals surface area contributed by atoms with E-state index in [1.54, 1.807) is 23.9 Å². The number of nitrogens with zero attached hydrogens (tertiary/aromatic N) is 2. The molecule has 2 heterocycles. The van der Waals surface area contributed by atoms with Crippen molar-refractivity contribution in [1.82, 2.24) is 4.90 Å². The van der Waals surface area contributed by atoms with Crippen LogP contribution in [0.15, 0.2) is 53.4 Å². The highest BCUT2D eigenvalue weighted by Gasteiger charge is 2.34. The Balaban J connectivity index is 1.38. The van der Waals surface area contributed by atoms with Crippen LogP contribution in [-0.2, 0) is 9.59 Å². The van der Waals surface area contributed by atoms with E-state index >= 15 is 0 Å². The molecule has 0 radical (unpaired) electrons. The summed E-state index contributed by atoms with van der Waals surface area (Å²) in [5, 5.41) is -0.335. The maximum absolute atomic E-state index is 13.4. The Hall–Kier alpha value is -2.64. The topological polar surface area (TPSA) is 83.7 Å². The standard InChI is InChI=1S/C25H29N3O3S/c26-24(30)19-10-8-18(9-11-19)23-25(31)28(21-6-2-3-7-22(21)32-23)15-5-1-4-14-27-16-12-20(29)13-17-27/h2-3,6-11,23H,1,4-5,12-17H2,(H2,26,30). The van der Waals surface area contributed by atoms with E-state index in [9.17, 15) is 14.4 Å². The molecule has 168 valence electrons. The summed E-state index contributed by atoms with van der Waals surface area (Å²) in [7, 11) is 0. The van der Waals surface area contributed by atoms with Gasteiger partial charge >= 0.3 is 0 Å². The largest absolute Gasteiger partial charge is 0.366 e. The number of piperidine rings is 1. The molecule has 4 rings (SSSR count). The fourth-order valence-corrected chi connectivity index (χ4v) is 5.52. The van der Waals surface area contributed by atoms with Crippen LogP contribution in [0, 0.1) is 0 Å². The number of ketones is 1. The molecule has 7 heteroatoms. The van der Waals surface area contributed by atoms with Crippen molar-refractivity contribution in [2.45, 2.75) is 42.2 Å². The number of carbonyl (C=O) groups is 3. The van der Waals surface area contributed by atoms with E-state index in [2.05, 4.69) is 11.0 Å².